The number of hydrogen-bond donors (Lipinski definition) is 0. The molecule has 0 aromatic carbocycles. The summed E-state index contributed by atoms with van der Waals surface area (Å²) in [5.74, 6) is 0. The maximum absolute atomic E-state index is 0. The molecule has 0 nitrogen and oxygen atoms in total. The van der Waals surface area contributed by atoms with Gasteiger partial charge in [0, 0.05) is 1.43 Å². The van der Waals surface area contributed by atoms with Crippen molar-refractivity contribution in [3.63, 3.8) is 0 Å². The molecular weight excluding hydrogens is 67.7 g/mol. The Morgan fingerprint density at radius 3 is 1.50 bits per heavy atom. The molecule has 0 rings (SSSR count). The van der Waals surface area contributed by atoms with E-state index >= 15 is 0 Å². The van der Waals surface area contributed by atoms with Crippen LogP contribution in [0.5, 0.6) is 0 Å². The van der Waals surface area contributed by atoms with E-state index in [0.29, 0.717) is 0 Å². The second-order valence-corrected chi connectivity index (χ2v) is 0. The molecule has 0 heterocycles. The molecule has 0 saturated heterocycles. The zero-order valence-electron chi connectivity index (χ0n) is 3.00. The largest absolute Gasteiger partial charge is 1.00 e. The van der Waals surface area contributed by atoms with E-state index in [1.54, 1.807) is 0 Å². The smallest absolute Gasteiger partial charge is 1.00 e. The number of rotatable bonds is 0. The molecule has 0 aliphatic carbocycles. The molecule has 0 amide bonds. The van der Waals surface area contributed by atoms with Crippen LogP contribution < -0.4 is 48.4 Å². The van der Waals surface area contributed by atoms with Crippen LogP contribution in [-0.4, -0.2) is 25.8 Å². The van der Waals surface area contributed by atoms with Gasteiger partial charge in [-0.1, -0.05) is 8.41 Å². The van der Waals surface area contributed by atoms with Crippen molar-refractivity contribution in [2.75, 3.05) is 0 Å². The maximum Gasteiger partial charge on any atom is 1.00 e. The van der Waals surface area contributed by atoms with E-state index < -0.39 is 0 Å². The molecule has 0 bridgehead atoms. The van der Waals surface area contributed by atoms with Crippen molar-refractivity contribution < 1.29 is 51.3 Å². The summed E-state index contributed by atoms with van der Waals surface area (Å²) in [7, 11) is 0. The van der Waals surface area contributed by atoms with Crippen molar-refractivity contribution in [2.24, 2.45) is 0 Å². The van der Waals surface area contributed by atoms with Gasteiger partial charge in [-0.2, -0.15) is 0 Å². The van der Waals surface area contributed by atoms with Gasteiger partial charge in [0.15, 0.2) is 17.4 Å². The fourth-order valence-corrected chi connectivity index (χ4v) is 0. The van der Waals surface area contributed by atoms with Crippen LogP contribution in [0.4, 0.5) is 0 Å². The summed E-state index contributed by atoms with van der Waals surface area (Å²) in [5, 5.41) is 0. The monoisotopic (exact) mass is 78.1 g/mol. The molecular formula is H10AlBLiNa. The SMILES string of the molecule is [AlH3].[BH4-].[H-].[HH].[Li+].[Na+]. The Balaban J connectivity index is 0. The van der Waals surface area contributed by atoms with E-state index in [0.717, 1.165) is 0 Å². The van der Waals surface area contributed by atoms with Gasteiger partial charge in [0.25, 0.3) is 0 Å². The second-order valence-electron chi connectivity index (χ2n) is 0. The molecule has 0 aliphatic heterocycles. The molecule has 0 N–H and O–H groups in total. The molecule has 0 aliphatic rings. The van der Waals surface area contributed by atoms with Gasteiger partial charge in [0.2, 0.25) is 0 Å². The van der Waals surface area contributed by atoms with Crippen molar-refractivity contribution in [3.8, 4) is 0 Å². The third kappa shape index (κ3) is 8.89. The van der Waals surface area contributed by atoms with Gasteiger partial charge in [-0.15, -0.1) is 0 Å². The van der Waals surface area contributed by atoms with Crippen molar-refractivity contribution in [1.29, 1.82) is 0 Å². The van der Waals surface area contributed by atoms with E-state index in [-0.39, 0.29) is 77.0 Å². The fraction of sp³-hybridized carbons (Fsp3) is 0. The van der Waals surface area contributed by atoms with Crippen LogP contribution in [0, 0.1) is 0 Å². The molecule has 0 atom stereocenters. The van der Waals surface area contributed by atoms with Gasteiger partial charge in [0.1, 0.15) is 0 Å². The van der Waals surface area contributed by atoms with Gasteiger partial charge >= 0.3 is 48.4 Å². The average Bonchev–Trinajstić information content (AvgIpc) is 0. The predicted molar refractivity (Wildman–Crippen MR) is 24.5 cm³/mol. The number of hydrogen-bond acceptors (Lipinski definition) is 0. The minimum Gasteiger partial charge on any atom is -1.00 e. The molecule has 4 heavy (non-hydrogen) atoms. The summed E-state index contributed by atoms with van der Waals surface area (Å²) in [6.45, 7) is 0. The Bertz CT molecular complexity index is 13.5. The van der Waals surface area contributed by atoms with Crippen LogP contribution in [-0.2, 0) is 0 Å². The van der Waals surface area contributed by atoms with E-state index in [9.17, 15) is 0 Å². The van der Waals surface area contributed by atoms with E-state index in [4.69, 9.17) is 0 Å². The first kappa shape index (κ1) is 34.7. The Morgan fingerprint density at radius 2 is 1.50 bits per heavy atom. The molecule has 0 aromatic rings. The first-order valence-corrected chi connectivity index (χ1v) is 0. The average molecular weight is 77.8 g/mol. The molecule has 0 spiro atoms. The molecule has 0 aromatic heterocycles. The van der Waals surface area contributed by atoms with Gasteiger partial charge in [-0.05, 0) is 0 Å². The first-order chi connectivity index (χ1) is 0. The third-order valence-corrected chi connectivity index (χ3v) is 0. The van der Waals surface area contributed by atoms with Gasteiger partial charge < -0.3 is 1.43 Å². The summed E-state index contributed by atoms with van der Waals surface area (Å²) >= 11 is 0. The molecule has 18 valence electrons. The minimum absolute atomic E-state index is 0. The Morgan fingerprint density at radius 1 is 1.50 bits per heavy atom. The molecule has 0 fully saturated rings. The van der Waals surface area contributed by atoms with Gasteiger partial charge in [-0.3, -0.25) is 0 Å². The maximum atomic E-state index is 0. The van der Waals surface area contributed by atoms with Gasteiger partial charge in [-0.25, -0.2) is 0 Å². The predicted octanol–water partition coefficient (Wildman–Crippen LogP) is -8.27. The van der Waals surface area contributed by atoms with E-state index in [2.05, 4.69) is 0 Å². The standard InChI is InChI=1S/Al.BH4.Li.Na.H2.4H/h;1H4;;;1H;;;;/q;-1;2*+1;;;;;-1. The Hall–Kier alpha value is 2.19. The zero-order chi connectivity index (χ0) is 0. The van der Waals surface area contributed by atoms with Crippen molar-refractivity contribution in [3.05, 3.63) is 0 Å². The summed E-state index contributed by atoms with van der Waals surface area (Å²) in [6.07, 6.45) is 0. The van der Waals surface area contributed by atoms with Crippen LogP contribution in [0.15, 0.2) is 0 Å². The molecule has 0 radical (unpaired) electrons. The molecule has 4 heteroatoms. The van der Waals surface area contributed by atoms with Crippen molar-refractivity contribution in [2.45, 2.75) is 0 Å². The third-order valence-electron chi connectivity index (χ3n) is 0. The van der Waals surface area contributed by atoms with E-state index in [1.165, 1.54) is 0 Å². The van der Waals surface area contributed by atoms with Crippen molar-refractivity contribution in [1.82, 2.24) is 0 Å². The Kier molecular flexibility index (Phi) is 165. The first-order valence-electron chi connectivity index (χ1n) is 0. The van der Waals surface area contributed by atoms with Crippen LogP contribution in [0.1, 0.15) is 2.85 Å². The van der Waals surface area contributed by atoms with Gasteiger partial charge in [0.05, 0.1) is 0 Å². The minimum atomic E-state index is 0. The molecule has 0 saturated carbocycles. The van der Waals surface area contributed by atoms with Crippen LogP contribution in [0.2, 0.25) is 0 Å². The van der Waals surface area contributed by atoms with Crippen LogP contribution in [0.3, 0.4) is 0 Å². The normalized spacial score (nSPS) is 0. The summed E-state index contributed by atoms with van der Waals surface area (Å²) in [5.41, 5.74) is 0. The Labute approximate surface area is 76.2 Å². The fourth-order valence-electron chi connectivity index (χ4n) is 0. The topological polar surface area (TPSA) is 0 Å². The molecule has 0 unspecified atom stereocenters. The van der Waals surface area contributed by atoms with E-state index in [1.807, 2.05) is 0 Å². The summed E-state index contributed by atoms with van der Waals surface area (Å²) in [4.78, 5) is 0. The summed E-state index contributed by atoms with van der Waals surface area (Å²) < 4.78 is 0. The van der Waals surface area contributed by atoms with Crippen molar-refractivity contribution >= 4 is 25.8 Å². The van der Waals surface area contributed by atoms with Crippen LogP contribution in [0.25, 0.3) is 0 Å². The zero-order valence-corrected chi connectivity index (χ0v) is 4.00. The second kappa shape index (κ2) is 19.0. The summed E-state index contributed by atoms with van der Waals surface area (Å²) in [6, 6.07) is 0. The quantitative estimate of drug-likeness (QED) is 0.252. The van der Waals surface area contributed by atoms with Crippen LogP contribution >= 0.6 is 0 Å².